The highest BCUT2D eigenvalue weighted by molar-refractivity contribution is 5.82. The molecule has 4 nitrogen and oxygen atoms in total. The van der Waals surface area contributed by atoms with Gasteiger partial charge in [0.25, 0.3) is 0 Å². The van der Waals surface area contributed by atoms with Crippen LogP contribution in [0.15, 0.2) is 24.3 Å². The van der Waals surface area contributed by atoms with E-state index in [1.165, 1.54) is 17.0 Å². The van der Waals surface area contributed by atoms with Crippen molar-refractivity contribution in [3.63, 3.8) is 0 Å². The van der Waals surface area contributed by atoms with E-state index in [0.717, 1.165) is 5.56 Å². The molecule has 0 aliphatic carbocycles. The van der Waals surface area contributed by atoms with Gasteiger partial charge in [0.2, 0.25) is 11.8 Å². The maximum atomic E-state index is 12.9. The van der Waals surface area contributed by atoms with E-state index >= 15 is 0 Å². The number of hydrogen-bond donors (Lipinski definition) is 1. The molecule has 1 N–H and O–H groups in total. The Labute approximate surface area is 137 Å². The zero-order valence-electron chi connectivity index (χ0n) is 13.9. The summed E-state index contributed by atoms with van der Waals surface area (Å²) in [4.78, 5) is 25.5. The summed E-state index contributed by atoms with van der Waals surface area (Å²) in [6, 6.07) is 5.93. The van der Waals surface area contributed by atoms with Gasteiger partial charge in [-0.25, -0.2) is 4.39 Å². The summed E-state index contributed by atoms with van der Waals surface area (Å²) in [7, 11) is 0. The van der Waals surface area contributed by atoms with Crippen molar-refractivity contribution in [3.05, 3.63) is 35.6 Å². The molecule has 124 valence electrons. The third-order valence-corrected chi connectivity index (χ3v) is 3.23. The number of hydrogen-bond acceptors (Lipinski definition) is 2. The summed E-state index contributed by atoms with van der Waals surface area (Å²) in [5.41, 5.74) is 0.309. The topological polar surface area (TPSA) is 49.4 Å². The first-order chi connectivity index (χ1) is 10.7. The Bertz CT molecular complexity index is 583. The largest absolute Gasteiger partial charge is 0.355 e. The Kier molecular flexibility index (Phi) is 6.77. The van der Waals surface area contributed by atoms with Gasteiger partial charge in [-0.2, -0.15) is 0 Å². The molecule has 0 spiro atoms. The van der Waals surface area contributed by atoms with Crippen molar-refractivity contribution in [2.75, 3.05) is 13.1 Å². The van der Waals surface area contributed by atoms with Gasteiger partial charge in [-0.05, 0) is 17.7 Å². The lowest BCUT2D eigenvalue weighted by atomic mass is 9.96. The van der Waals surface area contributed by atoms with E-state index < -0.39 is 5.41 Å². The second-order valence-corrected chi connectivity index (χ2v) is 6.34. The zero-order chi connectivity index (χ0) is 17.5. The van der Waals surface area contributed by atoms with Gasteiger partial charge in [0.1, 0.15) is 5.82 Å². The molecule has 0 unspecified atom stereocenters. The van der Waals surface area contributed by atoms with E-state index in [1.54, 1.807) is 12.1 Å². The fraction of sp³-hybridized carbons (Fsp3) is 0.444. The maximum absolute atomic E-state index is 12.9. The lowest BCUT2D eigenvalue weighted by Gasteiger charge is -2.22. The third-order valence-electron chi connectivity index (χ3n) is 3.23. The molecule has 5 heteroatoms. The Morgan fingerprint density at radius 3 is 2.39 bits per heavy atom. The fourth-order valence-electron chi connectivity index (χ4n) is 1.86. The van der Waals surface area contributed by atoms with Crippen LogP contribution in [0.1, 0.15) is 32.8 Å². The summed E-state index contributed by atoms with van der Waals surface area (Å²) in [6.45, 7) is 6.18. The van der Waals surface area contributed by atoms with Gasteiger partial charge >= 0.3 is 0 Å². The maximum Gasteiger partial charge on any atom is 0.225 e. The molecule has 23 heavy (non-hydrogen) atoms. The summed E-state index contributed by atoms with van der Waals surface area (Å²) < 4.78 is 12.9. The molecule has 1 aromatic carbocycles. The number of carbonyl (C=O) groups is 2. The molecule has 0 saturated heterocycles. The molecule has 0 aliphatic heterocycles. The summed E-state index contributed by atoms with van der Waals surface area (Å²) in [5.74, 6) is 1.87. The predicted octanol–water partition coefficient (Wildman–Crippen LogP) is 2.34. The SMILES string of the molecule is C#CCN(Cc1ccc(F)cc1)C(=O)CCNC(=O)C(C)(C)C. The number of nitrogens with zero attached hydrogens (tertiary/aromatic N) is 1. The zero-order valence-corrected chi connectivity index (χ0v) is 13.9. The van der Waals surface area contributed by atoms with Crippen molar-refractivity contribution in [1.29, 1.82) is 0 Å². The minimum Gasteiger partial charge on any atom is -0.355 e. The Morgan fingerprint density at radius 2 is 1.87 bits per heavy atom. The standard InChI is InChI=1S/C18H23FN2O2/c1-5-12-21(13-14-6-8-15(19)9-7-14)16(22)10-11-20-17(23)18(2,3)4/h1,6-9H,10-13H2,2-4H3,(H,20,23). The average molecular weight is 318 g/mol. The monoisotopic (exact) mass is 318 g/mol. The molecule has 0 heterocycles. The molecule has 0 bridgehead atoms. The Balaban J connectivity index is 2.56. The number of nitrogens with one attached hydrogen (secondary N) is 1. The van der Waals surface area contributed by atoms with E-state index in [-0.39, 0.29) is 37.1 Å². The van der Waals surface area contributed by atoms with E-state index in [9.17, 15) is 14.0 Å². The normalized spacial score (nSPS) is 10.7. The van der Waals surface area contributed by atoms with Gasteiger partial charge in [0.05, 0.1) is 6.54 Å². The first-order valence-electron chi connectivity index (χ1n) is 7.48. The number of amides is 2. The molecule has 0 saturated carbocycles. The smallest absolute Gasteiger partial charge is 0.225 e. The average Bonchev–Trinajstić information content (AvgIpc) is 2.47. The molecule has 0 radical (unpaired) electrons. The van der Waals surface area contributed by atoms with Gasteiger partial charge in [-0.1, -0.05) is 38.8 Å². The number of benzene rings is 1. The van der Waals surface area contributed by atoms with Crippen molar-refractivity contribution in [3.8, 4) is 12.3 Å². The fourth-order valence-corrected chi connectivity index (χ4v) is 1.86. The van der Waals surface area contributed by atoms with Crippen LogP contribution in [0.4, 0.5) is 4.39 Å². The van der Waals surface area contributed by atoms with E-state index in [4.69, 9.17) is 6.42 Å². The molecule has 0 atom stereocenters. The molecular weight excluding hydrogens is 295 g/mol. The van der Waals surface area contributed by atoms with Gasteiger partial charge < -0.3 is 10.2 Å². The van der Waals surface area contributed by atoms with Crippen molar-refractivity contribution in [1.82, 2.24) is 10.2 Å². The van der Waals surface area contributed by atoms with Crippen LogP contribution < -0.4 is 5.32 Å². The van der Waals surface area contributed by atoms with Gasteiger partial charge in [-0.15, -0.1) is 6.42 Å². The van der Waals surface area contributed by atoms with Gasteiger partial charge in [0.15, 0.2) is 0 Å². The van der Waals surface area contributed by atoms with Gasteiger partial charge in [-0.3, -0.25) is 9.59 Å². The van der Waals surface area contributed by atoms with Crippen LogP contribution in [0.3, 0.4) is 0 Å². The number of carbonyl (C=O) groups excluding carboxylic acids is 2. The first-order valence-corrected chi connectivity index (χ1v) is 7.48. The molecule has 0 aromatic heterocycles. The van der Waals surface area contributed by atoms with Crippen LogP contribution in [-0.2, 0) is 16.1 Å². The molecule has 1 aromatic rings. The molecule has 0 aliphatic rings. The van der Waals surface area contributed by atoms with Crippen LogP contribution in [0.5, 0.6) is 0 Å². The van der Waals surface area contributed by atoms with Crippen LogP contribution in [0.25, 0.3) is 0 Å². The van der Waals surface area contributed by atoms with Gasteiger partial charge in [0, 0.05) is 24.9 Å². The summed E-state index contributed by atoms with van der Waals surface area (Å²) >= 11 is 0. The van der Waals surface area contributed by atoms with Crippen molar-refractivity contribution >= 4 is 11.8 Å². The van der Waals surface area contributed by atoms with Crippen molar-refractivity contribution < 1.29 is 14.0 Å². The highest BCUT2D eigenvalue weighted by Crippen LogP contribution is 2.12. The lowest BCUT2D eigenvalue weighted by Crippen LogP contribution is -2.38. The highest BCUT2D eigenvalue weighted by atomic mass is 19.1. The number of rotatable bonds is 6. The van der Waals surface area contributed by atoms with Crippen molar-refractivity contribution in [2.45, 2.75) is 33.7 Å². The second-order valence-electron chi connectivity index (χ2n) is 6.34. The summed E-state index contributed by atoms with van der Waals surface area (Å²) in [6.07, 6.45) is 5.48. The second kappa shape index (κ2) is 8.33. The summed E-state index contributed by atoms with van der Waals surface area (Å²) in [5, 5.41) is 2.73. The Morgan fingerprint density at radius 1 is 1.26 bits per heavy atom. The highest BCUT2D eigenvalue weighted by Gasteiger charge is 2.21. The number of terminal acetylenes is 1. The molecule has 0 fully saturated rings. The minimum absolute atomic E-state index is 0.104. The predicted molar refractivity (Wildman–Crippen MR) is 87.7 cm³/mol. The van der Waals surface area contributed by atoms with Crippen LogP contribution in [0, 0.1) is 23.6 Å². The quantitative estimate of drug-likeness (QED) is 0.819. The molecule has 2 amide bonds. The minimum atomic E-state index is -0.490. The lowest BCUT2D eigenvalue weighted by molar-refractivity contribution is -0.131. The third kappa shape index (κ3) is 6.52. The van der Waals surface area contributed by atoms with E-state index in [1.807, 2.05) is 20.8 Å². The molecule has 1 rings (SSSR count). The van der Waals surface area contributed by atoms with Crippen LogP contribution in [0.2, 0.25) is 0 Å². The van der Waals surface area contributed by atoms with E-state index in [2.05, 4.69) is 11.2 Å². The van der Waals surface area contributed by atoms with Crippen LogP contribution >= 0.6 is 0 Å². The van der Waals surface area contributed by atoms with Crippen LogP contribution in [-0.4, -0.2) is 29.8 Å². The first kappa shape index (κ1) is 18.7. The van der Waals surface area contributed by atoms with Crippen molar-refractivity contribution in [2.24, 2.45) is 5.41 Å². The van der Waals surface area contributed by atoms with E-state index in [0.29, 0.717) is 6.54 Å². The molecular formula is C18H23FN2O2. The Hall–Kier alpha value is -2.35. The number of halogens is 1.